The summed E-state index contributed by atoms with van der Waals surface area (Å²) < 4.78 is 0. The molecule has 2 heteroatoms. The molecule has 0 aliphatic carbocycles. The minimum atomic E-state index is 0. The molecular weight excluding hydrogens is 104 g/mol. The van der Waals surface area contributed by atoms with Gasteiger partial charge in [-0.2, -0.15) is 0 Å². The van der Waals surface area contributed by atoms with Gasteiger partial charge >= 0.3 is 2.85 Å². The molecule has 0 aliphatic heterocycles. The van der Waals surface area contributed by atoms with Crippen LogP contribution in [0.25, 0.3) is 0 Å². The molecule has 0 bridgehead atoms. The quantitative estimate of drug-likeness (QED) is 0.328. The van der Waals surface area contributed by atoms with Crippen LogP contribution in [0.3, 0.4) is 0 Å². The number of hydrogen-bond acceptors (Lipinski definition) is 2. The SMILES string of the molecule is C=CC=O.C=CCO.[H+].[H+]. The summed E-state index contributed by atoms with van der Waals surface area (Å²) in [5.74, 6) is 0. The van der Waals surface area contributed by atoms with Crippen molar-refractivity contribution >= 4 is 6.29 Å². The number of carbonyl (C=O) groups excluding carboxylic acids is 1. The molecule has 2 nitrogen and oxygen atoms in total. The average molecular weight is 116 g/mol. The third-order valence-electron chi connectivity index (χ3n) is 0.225. The Labute approximate surface area is 52.1 Å². The van der Waals surface area contributed by atoms with Crippen LogP contribution in [0.5, 0.6) is 0 Å². The lowest BCUT2D eigenvalue weighted by Gasteiger charge is -1.60. The summed E-state index contributed by atoms with van der Waals surface area (Å²) in [6.45, 7) is 6.42. The van der Waals surface area contributed by atoms with Gasteiger partial charge in [-0.05, 0) is 6.08 Å². The lowest BCUT2D eigenvalue weighted by Crippen LogP contribution is -1.62. The Morgan fingerprint density at radius 3 is 1.88 bits per heavy atom. The lowest BCUT2D eigenvalue weighted by molar-refractivity contribution is -0.104. The predicted molar refractivity (Wildman–Crippen MR) is 35.8 cm³/mol. The van der Waals surface area contributed by atoms with Crippen molar-refractivity contribution in [1.82, 2.24) is 0 Å². The topological polar surface area (TPSA) is 37.3 Å². The van der Waals surface area contributed by atoms with Crippen LogP contribution in [0.2, 0.25) is 0 Å². The second kappa shape index (κ2) is 16.5. The molecule has 0 aromatic heterocycles. The number of aldehydes is 1. The monoisotopic (exact) mass is 116 g/mol. The Hall–Kier alpha value is -0.890. The number of aliphatic hydroxyl groups is 1. The normalized spacial score (nSPS) is 5.62. The number of allylic oxidation sites excluding steroid dienone is 1. The Kier molecular flexibility index (Phi) is 21.0. The standard InChI is InChI=1S/C3H6O.C3H4O/c2*1-2-3-4/h2,4H,1,3H2;2-3H,1H2/p+2. The smallest absolute Gasteiger partial charge is 0.392 e. The van der Waals surface area contributed by atoms with Gasteiger partial charge < -0.3 is 5.11 Å². The third-order valence-corrected chi connectivity index (χ3v) is 0.225. The molecule has 0 aromatic rings. The van der Waals surface area contributed by atoms with Crippen LogP contribution >= 0.6 is 0 Å². The number of rotatable bonds is 2. The molecule has 46 valence electrons. The van der Waals surface area contributed by atoms with Gasteiger partial charge in [0.05, 0.1) is 6.61 Å². The van der Waals surface area contributed by atoms with Gasteiger partial charge in [0.25, 0.3) is 0 Å². The molecule has 0 saturated heterocycles. The fourth-order valence-corrected chi connectivity index (χ4v) is 0. The molecule has 0 aromatic carbocycles. The van der Waals surface area contributed by atoms with E-state index < -0.39 is 0 Å². The summed E-state index contributed by atoms with van der Waals surface area (Å²) in [6.07, 6.45) is 3.26. The summed E-state index contributed by atoms with van der Waals surface area (Å²) in [5, 5.41) is 7.76. The fraction of sp³-hybridized carbons (Fsp3) is 0.167. The highest BCUT2D eigenvalue weighted by Crippen LogP contribution is 1.46. The third kappa shape index (κ3) is 70.1. The predicted octanol–water partition coefficient (Wildman–Crippen LogP) is 0.761. The first-order chi connectivity index (χ1) is 3.83. The molecule has 0 radical (unpaired) electrons. The highest BCUT2D eigenvalue weighted by Gasteiger charge is 1.45. The zero-order valence-corrected chi connectivity index (χ0v) is 4.71. The van der Waals surface area contributed by atoms with E-state index in [1.54, 1.807) is 0 Å². The summed E-state index contributed by atoms with van der Waals surface area (Å²) in [6, 6.07) is 0. The molecule has 0 rings (SSSR count). The molecule has 0 atom stereocenters. The summed E-state index contributed by atoms with van der Waals surface area (Å²) in [5.41, 5.74) is 0. The van der Waals surface area contributed by atoms with Crippen molar-refractivity contribution in [1.29, 1.82) is 0 Å². The first-order valence-electron chi connectivity index (χ1n) is 2.11. The van der Waals surface area contributed by atoms with E-state index in [1.807, 2.05) is 0 Å². The minimum Gasteiger partial charge on any atom is -0.392 e. The van der Waals surface area contributed by atoms with Gasteiger partial charge in [0.15, 0.2) is 0 Å². The fourth-order valence-electron chi connectivity index (χ4n) is 0. The van der Waals surface area contributed by atoms with E-state index in [-0.39, 0.29) is 9.46 Å². The molecular formula is C6H12O2+2. The van der Waals surface area contributed by atoms with Crippen molar-refractivity contribution in [3.05, 3.63) is 25.3 Å². The van der Waals surface area contributed by atoms with Crippen LogP contribution in [0.4, 0.5) is 0 Å². The van der Waals surface area contributed by atoms with Crippen LogP contribution < -0.4 is 0 Å². The highest BCUT2D eigenvalue weighted by molar-refractivity contribution is 5.63. The molecule has 0 fully saturated rings. The van der Waals surface area contributed by atoms with E-state index in [9.17, 15) is 0 Å². The lowest BCUT2D eigenvalue weighted by atomic mass is 10.7. The van der Waals surface area contributed by atoms with Gasteiger partial charge in [-0.15, -0.1) is 6.58 Å². The molecule has 0 amide bonds. The molecule has 0 heterocycles. The molecule has 0 saturated carbocycles. The van der Waals surface area contributed by atoms with E-state index in [1.165, 1.54) is 12.2 Å². The zero-order chi connectivity index (χ0) is 6.83. The first kappa shape index (κ1) is 10.2. The number of aliphatic hydroxyl groups excluding tert-OH is 1. The second-order valence-corrected chi connectivity index (χ2v) is 0.843. The van der Waals surface area contributed by atoms with E-state index in [0.29, 0.717) is 6.29 Å². The van der Waals surface area contributed by atoms with Crippen molar-refractivity contribution in [3.8, 4) is 0 Å². The molecule has 0 spiro atoms. The maximum atomic E-state index is 9.06. The van der Waals surface area contributed by atoms with Crippen LogP contribution in [-0.4, -0.2) is 18.0 Å². The van der Waals surface area contributed by atoms with Gasteiger partial charge in [0.1, 0.15) is 6.29 Å². The van der Waals surface area contributed by atoms with Gasteiger partial charge in [-0.25, -0.2) is 0 Å². The summed E-state index contributed by atoms with van der Waals surface area (Å²) in [4.78, 5) is 9.06. The van der Waals surface area contributed by atoms with Crippen LogP contribution in [0.1, 0.15) is 2.85 Å². The highest BCUT2D eigenvalue weighted by atomic mass is 16.2. The van der Waals surface area contributed by atoms with Crippen molar-refractivity contribution in [3.63, 3.8) is 0 Å². The van der Waals surface area contributed by atoms with Crippen LogP contribution in [-0.2, 0) is 4.79 Å². The molecule has 0 aliphatic rings. The van der Waals surface area contributed by atoms with Crippen molar-refractivity contribution in [2.24, 2.45) is 0 Å². The maximum Gasteiger partial charge on any atom is 1.00 e. The van der Waals surface area contributed by atoms with Gasteiger partial charge in [0.2, 0.25) is 0 Å². The molecule has 8 heavy (non-hydrogen) atoms. The van der Waals surface area contributed by atoms with Gasteiger partial charge in [-0.1, -0.05) is 12.7 Å². The molecule has 1 N–H and O–H groups in total. The van der Waals surface area contributed by atoms with Gasteiger partial charge in [-0.3, -0.25) is 4.79 Å². The zero-order valence-electron chi connectivity index (χ0n) is 6.71. The average Bonchev–Trinajstić information content (AvgIpc) is 1.88. The van der Waals surface area contributed by atoms with Crippen LogP contribution in [0.15, 0.2) is 25.3 Å². The number of hydrogen-bond donors (Lipinski definition) is 1. The largest absolute Gasteiger partial charge is 1.00 e. The minimum absolute atomic E-state index is 0. The van der Waals surface area contributed by atoms with E-state index in [0.717, 1.165) is 0 Å². The Bertz CT molecular complexity index is 68.1. The van der Waals surface area contributed by atoms with Crippen LogP contribution in [0, 0.1) is 0 Å². The van der Waals surface area contributed by atoms with Gasteiger partial charge in [0, 0.05) is 0 Å². The molecule has 0 unspecified atom stereocenters. The van der Waals surface area contributed by atoms with E-state index in [2.05, 4.69) is 13.2 Å². The van der Waals surface area contributed by atoms with Crippen molar-refractivity contribution in [2.75, 3.05) is 6.61 Å². The van der Waals surface area contributed by atoms with Crippen molar-refractivity contribution in [2.45, 2.75) is 0 Å². The maximum absolute atomic E-state index is 9.06. The Balaban J connectivity index is -0.0000000300. The van der Waals surface area contributed by atoms with E-state index in [4.69, 9.17) is 9.90 Å². The van der Waals surface area contributed by atoms with Crippen molar-refractivity contribution < 1.29 is 12.8 Å². The Morgan fingerprint density at radius 1 is 1.62 bits per heavy atom. The Morgan fingerprint density at radius 2 is 1.88 bits per heavy atom. The summed E-state index contributed by atoms with van der Waals surface area (Å²) >= 11 is 0. The second-order valence-electron chi connectivity index (χ2n) is 0.843. The first-order valence-corrected chi connectivity index (χ1v) is 2.11. The number of carbonyl (C=O) groups is 1. The van der Waals surface area contributed by atoms with E-state index >= 15 is 0 Å². The summed E-state index contributed by atoms with van der Waals surface area (Å²) in [7, 11) is 0.